The molecular formula is C22H23N3O6S. The number of nitrogens with zero attached hydrogens (tertiary/aromatic N) is 1. The van der Waals surface area contributed by atoms with Gasteiger partial charge in [-0.1, -0.05) is 12.1 Å². The number of ether oxygens (including phenoxy) is 1. The molecule has 0 saturated carbocycles. The molecule has 0 aliphatic rings. The largest absolute Gasteiger partial charge is 0.497 e. The van der Waals surface area contributed by atoms with Crippen molar-refractivity contribution in [1.29, 1.82) is 0 Å². The fourth-order valence-corrected chi connectivity index (χ4v) is 4.00. The highest BCUT2D eigenvalue weighted by Gasteiger charge is 2.23. The number of benzene rings is 2. The van der Waals surface area contributed by atoms with E-state index in [1.807, 2.05) is 0 Å². The van der Waals surface area contributed by atoms with Crippen LogP contribution < -0.4 is 15.4 Å². The number of methoxy groups -OCH3 is 1. The predicted octanol–water partition coefficient (Wildman–Crippen LogP) is 2.48. The van der Waals surface area contributed by atoms with Gasteiger partial charge in [-0.2, -0.15) is 4.31 Å². The van der Waals surface area contributed by atoms with Crippen LogP contribution in [0.3, 0.4) is 0 Å². The van der Waals surface area contributed by atoms with Crippen molar-refractivity contribution >= 4 is 27.5 Å². The quantitative estimate of drug-likeness (QED) is 0.510. The molecule has 2 amide bonds. The Morgan fingerprint density at radius 3 is 2.41 bits per heavy atom. The second-order valence-corrected chi connectivity index (χ2v) is 8.84. The maximum Gasteiger partial charge on any atom is 0.253 e. The summed E-state index contributed by atoms with van der Waals surface area (Å²) in [7, 11) is -1.10. The first-order chi connectivity index (χ1) is 15.3. The Bertz CT molecular complexity index is 1170. The first-order valence-corrected chi connectivity index (χ1v) is 11.0. The minimum Gasteiger partial charge on any atom is -0.497 e. The number of carbonyl (C=O) groups excluding carboxylic acids is 2. The van der Waals surface area contributed by atoms with Crippen molar-refractivity contribution in [2.24, 2.45) is 0 Å². The zero-order valence-electron chi connectivity index (χ0n) is 17.6. The molecule has 0 fully saturated rings. The molecule has 0 bridgehead atoms. The number of rotatable bonds is 9. The molecular weight excluding hydrogens is 434 g/mol. The molecule has 0 aliphatic heterocycles. The zero-order chi connectivity index (χ0) is 23.1. The zero-order valence-corrected chi connectivity index (χ0v) is 18.4. The minimum atomic E-state index is -3.88. The van der Waals surface area contributed by atoms with Crippen molar-refractivity contribution in [3.8, 4) is 5.75 Å². The van der Waals surface area contributed by atoms with E-state index < -0.39 is 28.4 Å². The predicted molar refractivity (Wildman–Crippen MR) is 118 cm³/mol. The Morgan fingerprint density at radius 2 is 1.75 bits per heavy atom. The second-order valence-electron chi connectivity index (χ2n) is 6.79. The first-order valence-electron chi connectivity index (χ1n) is 9.61. The molecule has 3 aromatic rings. The summed E-state index contributed by atoms with van der Waals surface area (Å²) >= 11 is 0. The van der Waals surface area contributed by atoms with E-state index in [2.05, 4.69) is 10.6 Å². The van der Waals surface area contributed by atoms with Crippen LogP contribution >= 0.6 is 0 Å². The number of amides is 2. The Balaban J connectivity index is 1.65. The van der Waals surface area contributed by atoms with Crippen LogP contribution in [0.4, 0.5) is 5.69 Å². The number of likely N-dealkylation sites (N-methyl/N-ethyl adjacent to an activating group) is 1. The third kappa shape index (κ3) is 5.54. The number of anilines is 1. The number of carbonyl (C=O) groups is 2. The van der Waals surface area contributed by atoms with Gasteiger partial charge in [0.05, 0.1) is 42.6 Å². The maximum absolute atomic E-state index is 12.7. The van der Waals surface area contributed by atoms with Gasteiger partial charge in [-0.3, -0.25) is 9.59 Å². The average molecular weight is 458 g/mol. The van der Waals surface area contributed by atoms with E-state index >= 15 is 0 Å². The van der Waals surface area contributed by atoms with Gasteiger partial charge < -0.3 is 19.8 Å². The van der Waals surface area contributed by atoms with Crippen molar-refractivity contribution < 1.29 is 27.2 Å². The molecule has 0 aliphatic carbocycles. The summed E-state index contributed by atoms with van der Waals surface area (Å²) in [6, 6.07) is 15.8. The third-order valence-corrected chi connectivity index (χ3v) is 6.40. The number of hydrogen-bond acceptors (Lipinski definition) is 6. The van der Waals surface area contributed by atoms with E-state index in [1.54, 1.807) is 36.4 Å². The smallest absolute Gasteiger partial charge is 0.253 e. The highest BCUT2D eigenvalue weighted by atomic mass is 32.2. The van der Waals surface area contributed by atoms with Gasteiger partial charge in [-0.05, 0) is 48.5 Å². The van der Waals surface area contributed by atoms with Crippen LogP contribution in [0, 0.1) is 0 Å². The number of nitrogens with one attached hydrogen (secondary N) is 2. The summed E-state index contributed by atoms with van der Waals surface area (Å²) in [6.45, 7) is -0.242. The topological polar surface area (TPSA) is 118 Å². The van der Waals surface area contributed by atoms with E-state index in [0.29, 0.717) is 11.5 Å². The van der Waals surface area contributed by atoms with E-state index in [0.717, 1.165) is 4.31 Å². The normalized spacial score (nSPS) is 11.2. The van der Waals surface area contributed by atoms with Crippen molar-refractivity contribution in [3.63, 3.8) is 0 Å². The first kappa shape index (κ1) is 23.0. The molecule has 0 spiro atoms. The van der Waals surface area contributed by atoms with Crippen LogP contribution in [-0.2, 0) is 21.4 Å². The summed E-state index contributed by atoms with van der Waals surface area (Å²) in [5.74, 6) is 0.115. The molecule has 10 heteroatoms. The number of hydrogen-bond donors (Lipinski definition) is 2. The van der Waals surface area contributed by atoms with Gasteiger partial charge in [0, 0.05) is 7.05 Å². The van der Waals surface area contributed by atoms with Crippen LogP contribution in [0.1, 0.15) is 16.1 Å². The van der Waals surface area contributed by atoms with E-state index in [9.17, 15) is 18.0 Å². The summed E-state index contributed by atoms with van der Waals surface area (Å²) < 4.78 is 36.6. The highest BCUT2D eigenvalue weighted by Crippen LogP contribution is 2.19. The Hall–Kier alpha value is -3.63. The van der Waals surface area contributed by atoms with Gasteiger partial charge in [0.2, 0.25) is 15.9 Å². The van der Waals surface area contributed by atoms with Crippen molar-refractivity contribution in [2.75, 3.05) is 26.0 Å². The lowest BCUT2D eigenvalue weighted by Crippen LogP contribution is -2.35. The third-order valence-electron chi connectivity index (χ3n) is 4.58. The highest BCUT2D eigenvalue weighted by molar-refractivity contribution is 7.89. The number of sulfonamides is 1. The minimum absolute atomic E-state index is 0.0336. The van der Waals surface area contributed by atoms with Crippen molar-refractivity contribution in [2.45, 2.75) is 11.4 Å². The fraction of sp³-hybridized carbons (Fsp3) is 0.182. The van der Waals surface area contributed by atoms with Crippen LogP contribution in [-0.4, -0.2) is 45.2 Å². The van der Waals surface area contributed by atoms with Crippen LogP contribution in [0.25, 0.3) is 0 Å². The standard InChI is InChI=1S/C22H23N3O6S/c1-25(32(28,29)18-11-9-16(30-2)10-12-18)15-21(26)24-20-8-4-3-7-19(20)22(27)23-14-17-6-5-13-31-17/h3-13H,14-15H2,1-2H3,(H,23,27)(H,24,26). The summed E-state index contributed by atoms with van der Waals surface area (Å²) in [5.41, 5.74) is 0.512. The van der Waals surface area contributed by atoms with Crippen LogP contribution in [0.15, 0.2) is 76.2 Å². The molecule has 2 N–H and O–H groups in total. The van der Waals surface area contributed by atoms with E-state index in [4.69, 9.17) is 9.15 Å². The van der Waals surface area contributed by atoms with Crippen molar-refractivity contribution in [3.05, 3.63) is 78.3 Å². The van der Waals surface area contributed by atoms with Crippen LogP contribution in [0.2, 0.25) is 0 Å². The van der Waals surface area contributed by atoms with Gasteiger partial charge in [-0.25, -0.2) is 8.42 Å². The van der Waals surface area contributed by atoms with E-state index in [1.165, 1.54) is 44.7 Å². The summed E-state index contributed by atoms with van der Waals surface area (Å²) in [5, 5.41) is 5.32. The van der Waals surface area contributed by atoms with E-state index in [-0.39, 0.29) is 22.7 Å². The van der Waals surface area contributed by atoms with Gasteiger partial charge in [0.1, 0.15) is 11.5 Å². The van der Waals surface area contributed by atoms with Crippen LogP contribution in [0.5, 0.6) is 5.75 Å². The number of para-hydroxylation sites is 1. The van der Waals surface area contributed by atoms with Gasteiger partial charge >= 0.3 is 0 Å². The Labute approximate surface area is 186 Å². The summed E-state index contributed by atoms with van der Waals surface area (Å²) in [4.78, 5) is 25.1. The molecule has 9 nitrogen and oxygen atoms in total. The van der Waals surface area contributed by atoms with Gasteiger partial charge in [0.15, 0.2) is 0 Å². The molecule has 0 saturated heterocycles. The number of furan rings is 1. The molecule has 0 radical (unpaired) electrons. The molecule has 1 heterocycles. The lowest BCUT2D eigenvalue weighted by atomic mass is 10.1. The molecule has 2 aromatic carbocycles. The van der Waals surface area contributed by atoms with Gasteiger partial charge in [-0.15, -0.1) is 0 Å². The SMILES string of the molecule is COc1ccc(S(=O)(=O)N(C)CC(=O)Nc2ccccc2C(=O)NCc2ccco2)cc1. The molecule has 168 valence electrons. The maximum atomic E-state index is 12.7. The monoisotopic (exact) mass is 457 g/mol. The van der Waals surface area contributed by atoms with Crippen molar-refractivity contribution in [1.82, 2.24) is 9.62 Å². The molecule has 1 aromatic heterocycles. The molecule has 3 rings (SSSR count). The molecule has 32 heavy (non-hydrogen) atoms. The average Bonchev–Trinajstić information content (AvgIpc) is 3.31. The second kappa shape index (κ2) is 10.1. The lowest BCUT2D eigenvalue weighted by Gasteiger charge is -2.18. The Morgan fingerprint density at radius 1 is 1.03 bits per heavy atom. The fourth-order valence-electron chi connectivity index (χ4n) is 2.87. The summed E-state index contributed by atoms with van der Waals surface area (Å²) in [6.07, 6.45) is 1.51. The van der Waals surface area contributed by atoms with Gasteiger partial charge in [0.25, 0.3) is 5.91 Å². The molecule has 0 unspecified atom stereocenters. The molecule has 0 atom stereocenters. The lowest BCUT2D eigenvalue weighted by molar-refractivity contribution is -0.116. The Kier molecular flexibility index (Phi) is 7.29.